The summed E-state index contributed by atoms with van der Waals surface area (Å²) in [7, 11) is 4.43. The molecule has 1 heterocycles. The molecule has 1 fully saturated rings. The standard InChI is InChI=1S/C9H20N2/c1-4-5-6-11(3)9-7-10(2)8-9/h9H,4-8H2,1-3H3. The Kier molecular flexibility index (Phi) is 3.34. The van der Waals surface area contributed by atoms with E-state index in [4.69, 9.17) is 0 Å². The lowest BCUT2D eigenvalue weighted by atomic mass is 10.1. The molecule has 0 N–H and O–H groups in total. The minimum Gasteiger partial charge on any atom is -0.303 e. The molecule has 1 aliphatic heterocycles. The van der Waals surface area contributed by atoms with Crippen molar-refractivity contribution >= 4 is 0 Å². The van der Waals surface area contributed by atoms with Gasteiger partial charge in [0.2, 0.25) is 0 Å². The number of likely N-dealkylation sites (N-methyl/N-ethyl adjacent to an activating group) is 2. The molecular weight excluding hydrogens is 136 g/mol. The maximum atomic E-state index is 2.49. The number of rotatable bonds is 4. The summed E-state index contributed by atoms with van der Waals surface area (Å²) in [5.41, 5.74) is 0. The zero-order valence-electron chi connectivity index (χ0n) is 8.01. The summed E-state index contributed by atoms with van der Waals surface area (Å²) in [5, 5.41) is 0. The van der Waals surface area contributed by atoms with Crippen LogP contribution in [-0.2, 0) is 0 Å². The van der Waals surface area contributed by atoms with Crippen molar-refractivity contribution in [3.05, 3.63) is 0 Å². The first-order valence-electron chi connectivity index (χ1n) is 4.62. The van der Waals surface area contributed by atoms with E-state index in [1.165, 1.54) is 32.5 Å². The van der Waals surface area contributed by atoms with Crippen LogP contribution in [0.1, 0.15) is 19.8 Å². The van der Waals surface area contributed by atoms with Crippen molar-refractivity contribution in [2.24, 2.45) is 0 Å². The summed E-state index contributed by atoms with van der Waals surface area (Å²) in [5.74, 6) is 0. The van der Waals surface area contributed by atoms with Crippen LogP contribution in [0.5, 0.6) is 0 Å². The zero-order chi connectivity index (χ0) is 8.27. The second-order valence-corrected chi connectivity index (χ2v) is 3.71. The molecule has 2 heteroatoms. The van der Waals surface area contributed by atoms with Gasteiger partial charge in [0.15, 0.2) is 0 Å². The molecule has 0 radical (unpaired) electrons. The molecule has 0 aromatic heterocycles. The lowest BCUT2D eigenvalue weighted by Crippen LogP contribution is -2.56. The minimum absolute atomic E-state index is 0.839. The van der Waals surface area contributed by atoms with Crippen LogP contribution in [0.25, 0.3) is 0 Å². The van der Waals surface area contributed by atoms with Gasteiger partial charge in [0, 0.05) is 19.1 Å². The van der Waals surface area contributed by atoms with Crippen molar-refractivity contribution in [3.8, 4) is 0 Å². The first kappa shape index (κ1) is 9.01. The summed E-state index contributed by atoms with van der Waals surface area (Å²) in [6.07, 6.45) is 2.66. The molecule has 1 aliphatic rings. The third-order valence-electron chi connectivity index (χ3n) is 2.53. The lowest BCUT2D eigenvalue weighted by molar-refractivity contribution is 0.0698. The summed E-state index contributed by atoms with van der Waals surface area (Å²) >= 11 is 0. The van der Waals surface area contributed by atoms with Gasteiger partial charge in [0.25, 0.3) is 0 Å². The largest absolute Gasteiger partial charge is 0.303 e. The monoisotopic (exact) mass is 156 g/mol. The Balaban J connectivity index is 2.06. The van der Waals surface area contributed by atoms with Crippen LogP contribution in [0.4, 0.5) is 0 Å². The number of likely N-dealkylation sites (tertiary alicyclic amines) is 1. The van der Waals surface area contributed by atoms with Crippen LogP contribution in [0, 0.1) is 0 Å². The molecule has 1 saturated heterocycles. The molecule has 1 rings (SSSR count). The van der Waals surface area contributed by atoms with Crippen LogP contribution in [0.15, 0.2) is 0 Å². The van der Waals surface area contributed by atoms with E-state index in [1.54, 1.807) is 0 Å². The molecule has 2 nitrogen and oxygen atoms in total. The third kappa shape index (κ3) is 2.46. The second-order valence-electron chi connectivity index (χ2n) is 3.71. The molecule has 0 aliphatic carbocycles. The minimum atomic E-state index is 0.839. The Labute approximate surface area is 70.2 Å². The van der Waals surface area contributed by atoms with E-state index in [-0.39, 0.29) is 0 Å². The average Bonchev–Trinajstić information content (AvgIpc) is 1.94. The van der Waals surface area contributed by atoms with Crippen molar-refractivity contribution in [1.82, 2.24) is 9.80 Å². The van der Waals surface area contributed by atoms with E-state index in [2.05, 4.69) is 30.8 Å². The predicted octanol–water partition coefficient (Wildman–Crippen LogP) is 1.03. The van der Waals surface area contributed by atoms with Gasteiger partial charge >= 0.3 is 0 Å². The molecule has 0 spiro atoms. The van der Waals surface area contributed by atoms with Crippen molar-refractivity contribution in [2.45, 2.75) is 25.8 Å². The van der Waals surface area contributed by atoms with Gasteiger partial charge in [0.05, 0.1) is 0 Å². The van der Waals surface area contributed by atoms with E-state index in [0.29, 0.717) is 0 Å². The Morgan fingerprint density at radius 2 is 2.09 bits per heavy atom. The molecule has 0 saturated carbocycles. The maximum absolute atomic E-state index is 2.49. The van der Waals surface area contributed by atoms with Gasteiger partial charge in [-0.2, -0.15) is 0 Å². The average molecular weight is 156 g/mol. The molecule has 0 aromatic carbocycles. The van der Waals surface area contributed by atoms with Crippen molar-refractivity contribution < 1.29 is 0 Å². The third-order valence-corrected chi connectivity index (χ3v) is 2.53. The van der Waals surface area contributed by atoms with Gasteiger partial charge in [-0.15, -0.1) is 0 Å². The molecule has 0 atom stereocenters. The highest BCUT2D eigenvalue weighted by Crippen LogP contribution is 2.10. The van der Waals surface area contributed by atoms with Crippen LogP contribution >= 0.6 is 0 Å². The first-order chi connectivity index (χ1) is 5.24. The summed E-state index contributed by atoms with van der Waals surface area (Å²) in [6, 6.07) is 0.839. The van der Waals surface area contributed by atoms with Crippen LogP contribution < -0.4 is 0 Å². The lowest BCUT2D eigenvalue weighted by Gasteiger charge is -2.42. The SMILES string of the molecule is CCCCN(C)C1CN(C)C1. The highest BCUT2D eigenvalue weighted by atomic mass is 15.3. The Morgan fingerprint density at radius 1 is 1.45 bits per heavy atom. The second kappa shape index (κ2) is 4.07. The number of nitrogens with zero attached hydrogens (tertiary/aromatic N) is 2. The van der Waals surface area contributed by atoms with Crippen LogP contribution in [0.3, 0.4) is 0 Å². The van der Waals surface area contributed by atoms with Gasteiger partial charge in [-0.25, -0.2) is 0 Å². The van der Waals surface area contributed by atoms with E-state index in [1.807, 2.05) is 0 Å². The van der Waals surface area contributed by atoms with Crippen molar-refractivity contribution in [1.29, 1.82) is 0 Å². The summed E-state index contributed by atoms with van der Waals surface area (Å²) in [4.78, 5) is 4.86. The maximum Gasteiger partial charge on any atom is 0.0347 e. The summed E-state index contributed by atoms with van der Waals surface area (Å²) < 4.78 is 0. The van der Waals surface area contributed by atoms with E-state index in [9.17, 15) is 0 Å². The topological polar surface area (TPSA) is 6.48 Å². The Hall–Kier alpha value is -0.0800. The molecule has 0 aromatic rings. The fourth-order valence-corrected chi connectivity index (χ4v) is 1.53. The molecule has 11 heavy (non-hydrogen) atoms. The molecule has 0 amide bonds. The highest BCUT2D eigenvalue weighted by molar-refractivity contribution is 4.84. The predicted molar refractivity (Wildman–Crippen MR) is 48.8 cm³/mol. The summed E-state index contributed by atoms with van der Waals surface area (Å²) in [6.45, 7) is 6.05. The number of unbranched alkanes of at least 4 members (excludes halogenated alkanes) is 1. The fourth-order valence-electron chi connectivity index (χ4n) is 1.53. The van der Waals surface area contributed by atoms with Crippen LogP contribution in [0.2, 0.25) is 0 Å². The van der Waals surface area contributed by atoms with Gasteiger partial charge in [0.1, 0.15) is 0 Å². The smallest absolute Gasteiger partial charge is 0.0347 e. The molecule has 0 bridgehead atoms. The van der Waals surface area contributed by atoms with E-state index < -0.39 is 0 Å². The zero-order valence-corrected chi connectivity index (χ0v) is 8.01. The van der Waals surface area contributed by atoms with Gasteiger partial charge in [-0.3, -0.25) is 0 Å². The van der Waals surface area contributed by atoms with Gasteiger partial charge < -0.3 is 9.80 Å². The van der Waals surface area contributed by atoms with Crippen molar-refractivity contribution in [3.63, 3.8) is 0 Å². The molecular formula is C9H20N2. The molecule has 0 unspecified atom stereocenters. The van der Waals surface area contributed by atoms with Gasteiger partial charge in [-0.1, -0.05) is 13.3 Å². The number of hydrogen-bond acceptors (Lipinski definition) is 2. The van der Waals surface area contributed by atoms with Crippen molar-refractivity contribution in [2.75, 3.05) is 33.7 Å². The number of hydrogen-bond donors (Lipinski definition) is 0. The van der Waals surface area contributed by atoms with E-state index in [0.717, 1.165) is 6.04 Å². The van der Waals surface area contributed by atoms with E-state index >= 15 is 0 Å². The molecule has 66 valence electrons. The first-order valence-corrected chi connectivity index (χ1v) is 4.62. The van der Waals surface area contributed by atoms with Gasteiger partial charge in [-0.05, 0) is 27.1 Å². The quantitative estimate of drug-likeness (QED) is 0.600. The Morgan fingerprint density at radius 3 is 2.55 bits per heavy atom. The Bertz CT molecular complexity index is 108. The van der Waals surface area contributed by atoms with Crippen LogP contribution in [-0.4, -0.2) is 49.6 Å². The highest BCUT2D eigenvalue weighted by Gasteiger charge is 2.25. The fraction of sp³-hybridized carbons (Fsp3) is 1.00. The normalized spacial score (nSPS) is 20.7.